The Bertz CT molecular complexity index is 1170. The topological polar surface area (TPSA) is 79.4 Å². The van der Waals surface area contributed by atoms with Gasteiger partial charge < -0.3 is 20.3 Å². The van der Waals surface area contributed by atoms with Crippen molar-refractivity contribution in [2.75, 3.05) is 37.4 Å². The highest BCUT2D eigenvalue weighted by molar-refractivity contribution is 6.07. The van der Waals surface area contributed by atoms with E-state index in [1.165, 1.54) is 31.5 Å². The minimum atomic E-state index is -0.202. The predicted octanol–water partition coefficient (Wildman–Crippen LogP) is 5.75. The summed E-state index contributed by atoms with van der Waals surface area (Å²) in [5.41, 5.74) is 3.54. The molecule has 0 spiro atoms. The Labute approximate surface area is 220 Å². The van der Waals surface area contributed by atoms with Crippen LogP contribution in [-0.4, -0.2) is 47.5 Å². The number of likely N-dealkylation sites (tertiary alicyclic amines) is 1. The number of anilines is 2. The van der Waals surface area contributed by atoms with E-state index in [9.17, 15) is 4.79 Å². The van der Waals surface area contributed by atoms with E-state index < -0.39 is 0 Å². The van der Waals surface area contributed by atoms with Gasteiger partial charge in [-0.1, -0.05) is 32.9 Å². The van der Waals surface area contributed by atoms with E-state index >= 15 is 0 Å². The average Bonchev–Trinajstić information content (AvgIpc) is 2.89. The van der Waals surface area contributed by atoms with Gasteiger partial charge in [-0.25, -0.2) is 9.97 Å². The first-order valence-corrected chi connectivity index (χ1v) is 13.1. The van der Waals surface area contributed by atoms with Crippen LogP contribution in [0.1, 0.15) is 61.5 Å². The maximum atomic E-state index is 13.0. The summed E-state index contributed by atoms with van der Waals surface area (Å²) in [6.45, 7) is 10.0. The van der Waals surface area contributed by atoms with Crippen LogP contribution >= 0.6 is 0 Å². The van der Waals surface area contributed by atoms with Gasteiger partial charge >= 0.3 is 0 Å². The molecule has 1 aliphatic heterocycles. The molecule has 7 heteroatoms. The number of carbonyl (C=O) groups excluding carboxylic acids is 1. The highest BCUT2D eigenvalue weighted by Gasteiger charge is 2.17. The van der Waals surface area contributed by atoms with E-state index in [4.69, 9.17) is 4.74 Å². The summed E-state index contributed by atoms with van der Waals surface area (Å²) >= 11 is 0. The van der Waals surface area contributed by atoms with Crippen LogP contribution in [-0.2, 0) is 12.0 Å². The molecular formula is C30H39N5O2. The SMILES string of the molecule is CN1CCC(CCOc2cc(CNc3ncccc3C(=O)Nc3ccc(C(C)(C)C)cc3)ccn2)CC1. The number of rotatable bonds is 9. The number of aromatic nitrogens is 2. The van der Waals surface area contributed by atoms with E-state index in [2.05, 4.69) is 65.5 Å². The summed E-state index contributed by atoms with van der Waals surface area (Å²) in [5, 5.41) is 6.29. The third kappa shape index (κ3) is 7.76. The van der Waals surface area contributed by atoms with Gasteiger partial charge in [-0.2, -0.15) is 0 Å². The molecule has 1 saturated heterocycles. The summed E-state index contributed by atoms with van der Waals surface area (Å²) in [5.74, 6) is 1.69. The number of hydrogen-bond donors (Lipinski definition) is 2. The number of nitrogens with one attached hydrogen (secondary N) is 2. The molecule has 1 amide bonds. The molecule has 1 fully saturated rings. The zero-order chi connectivity index (χ0) is 26.3. The fourth-order valence-electron chi connectivity index (χ4n) is 4.49. The van der Waals surface area contributed by atoms with Crippen molar-refractivity contribution in [2.24, 2.45) is 5.92 Å². The van der Waals surface area contributed by atoms with Gasteiger partial charge in [0.1, 0.15) is 5.82 Å². The Morgan fingerprint density at radius 1 is 1.05 bits per heavy atom. The van der Waals surface area contributed by atoms with Gasteiger partial charge in [0, 0.05) is 30.7 Å². The minimum absolute atomic E-state index is 0.0630. The molecule has 0 radical (unpaired) electrons. The molecule has 2 N–H and O–H groups in total. The van der Waals surface area contributed by atoms with Crippen LogP contribution in [0.25, 0.3) is 0 Å². The number of amides is 1. The number of ether oxygens (including phenoxy) is 1. The number of benzene rings is 1. The molecule has 3 heterocycles. The molecule has 0 unspecified atom stereocenters. The molecule has 4 rings (SSSR count). The second-order valence-corrected chi connectivity index (χ2v) is 10.9. The van der Waals surface area contributed by atoms with Crippen LogP contribution in [0.2, 0.25) is 0 Å². The highest BCUT2D eigenvalue weighted by atomic mass is 16.5. The quantitative estimate of drug-likeness (QED) is 0.389. The van der Waals surface area contributed by atoms with Crippen LogP contribution in [0.4, 0.5) is 11.5 Å². The molecule has 0 bridgehead atoms. The van der Waals surface area contributed by atoms with Gasteiger partial charge in [-0.15, -0.1) is 0 Å². The van der Waals surface area contributed by atoms with Crippen molar-refractivity contribution < 1.29 is 9.53 Å². The van der Waals surface area contributed by atoms with Crippen LogP contribution in [0.15, 0.2) is 60.9 Å². The van der Waals surface area contributed by atoms with Crippen molar-refractivity contribution in [1.29, 1.82) is 0 Å². The van der Waals surface area contributed by atoms with Gasteiger partial charge in [-0.05, 0) is 92.2 Å². The van der Waals surface area contributed by atoms with Gasteiger partial charge in [0.05, 0.1) is 12.2 Å². The van der Waals surface area contributed by atoms with Crippen molar-refractivity contribution in [3.63, 3.8) is 0 Å². The van der Waals surface area contributed by atoms with Crippen LogP contribution in [0.3, 0.4) is 0 Å². The van der Waals surface area contributed by atoms with Gasteiger partial charge in [0.2, 0.25) is 5.88 Å². The monoisotopic (exact) mass is 501 g/mol. The molecule has 1 aliphatic rings. The Hall–Kier alpha value is -3.45. The molecule has 0 saturated carbocycles. The summed E-state index contributed by atoms with van der Waals surface area (Å²) in [6.07, 6.45) is 6.97. The third-order valence-electron chi connectivity index (χ3n) is 6.93. The number of piperidine rings is 1. The molecule has 0 aliphatic carbocycles. The van der Waals surface area contributed by atoms with Crippen molar-refractivity contribution in [2.45, 2.75) is 52.0 Å². The second-order valence-electron chi connectivity index (χ2n) is 10.9. The van der Waals surface area contributed by atoms with Gasteiger partial charge in [0.25, 0.3) is 5.91 Å². The molecule has 3 aromatic rings. The Balaban J connectivity index is 1.32. The minimum Gasteiger partial charge on any atom is -0.478 e. The van der Waals surface area contributed by atoms with E-state index in [-0.39, 0.29) is 11.3 Å². The summed E-state index contributed by atoms with van der Waals surface area (Å²) in [4.78, 5) is 24.2. The van der Waals surface area contributed by atoms with Crippen molar-refractivity contribution in [3.8, 4) is 5.88 Å². The average molecular weight is 502 g/mol. The zero-order valence-electron chi connectivity index (χ0n) is 22.5. The molecule has 1 aromatic carbocycles. The van der Waals surface area contributed by atoms with Crippen LogP contribution in [0.5, 0.6) is 5.88 Å². The predicted molar refractivity (Wildman–Crippen MR) is 149 cm³/mol. The van der Waals surface area contributed by atoms with Gasteiger partial charge in [0.15, 0.2) is 0 Å². The molecule has 0 atom stereocenters. The van der Waals surface area contributed by atoms with E-state index in [1.54, 1.807) is 24.5 Å². The van der Waals surface area contributed by atoms with E-state index in [0.717, 1.165) is 23.6 Å². The Morgan fingerprint density at radius 2 is 1.81 bits per heavy atom. The number of carbonyl (C=O) groups is 1. The summed E-state index contributed by atoms with van der Waals surface area (Å²) in [7, 11) is 2.18. The maximum absolute atomic E-state index is 13.0. The lowest BCUT2D eigenvalue weighted by Gasteiger charge is -2.28. The first-order valence-electron chi connectivity index (χ1n) is 13.1. The van der Waals surface area contributed by atoms with Crippen molar-refractivity contribution in [1.82, 2.24) is 14.9 Å². The second kappa shape index (κ2) is 12.2. The lowest BCUT2D eigenvalue weighted by Crippen LogP contribution is -2.30. The first-order chi connectivity index (χ1) is 17.8. The fourth-order valence-corrected chi connectivity index (χ4v) is 4.49. The van der Waals surface area contributed by atoms with Crippen molar-refractivity contribution in [3.05, 3.63) is 77.6 Å². The van der Waals surface area contributed by atoms with E-state index in [0.29, 0.717) is 30.4 Å². The smallest absolute Gasteiger partial charge is 0.259 e. The van der Waals surface area contributed by atoms with Crippen LogP contribution in [0, 0.1) is 5.92 Å². The van der Waals surface area contributed by atoms with E-state index in [1.807, 2.05) is 24.3 Å². The van der Waals surface area contributed by atoms with Crippen LogP contribution < -0.4 is 15.4 Å². The summed E-state index contributed by atoms with van der Waals surface area (Å²) in [6, 6.07) is 15.4. The molecule has 2 aromatic heterocycles. The van der Waals surface area contributed by atoms with Crippen molar-refractivity contribution >= 4 is 17.4 Å². The normalized spacial score (nSPS) is 14.8. The van der Waals surface area contributed by atoms with Gasteiger partial charge in [-0.3, -0.25) is 4.79 Å². The Morgan fingerprint density at radius 3 is 2.54 bits per heavy atom. The fraction of sp³-hybridized carbons (Fsp3) is 0.433. The number of hydrogen-bond acceptors (Lipinski definition) is 6. The standard InChI is InChI=1S/C30H39N5O2/c1-30(2,3)24-7-9-25(10-8-24)34-29(36)26-6-5-15-32-28(26)33-21-23-11-16-31-27(20-23)37-19-14-22-12-17-35(4)18-13-22/h5-11,15-16,20,22H,12-14,17-19,21H2,1-4H3,(H,32,33)(H,34,36). The molecule has 196 valence electrons. The summed E-state index contributed by atoms with van der Waals surface area (Å²) < 4.78 is 5.95. The molecular weight excluding hydrogens is 462 g/mol. The Kier molecular flexibility index (Phi) is 8.77. The zero-order valence-corrected chi connectivity index (χ0v) is 22.5. The molecule has 7 nitrogen and oxygen atoms in total. The maximum Gasteiger partial charge on any atom is 0.259 e. The first kappa shape index (κ1) is 26.6. The largest absolute Gasteiger partial charge is 0.478 e. The third-order valence-corrected chi connectivity index (χ3v) is 6.93. The number of nitrogens with zero attached hydrogens (tertiary/aromatic N) is 3. The number of pyridine rings is 2. The highest BCUT2D eigenvalue weighted by Crippen LogP contribution is 2.24. The lowest BCUT2D eigenvalue weighted by molar-refractivity contribution is 0.102. The molecule has 37 heavy (non-hydrogen) atoms. The lowest BCUT2D eigenvalue weighted by atomic mass is 9.87.